The Labute approximate surface area is 141 Å². The molecule has 2 aromatic rings. The van der Waals surface area contributed by atoms with Crippen LogP contribution >= 0.6 is 0 Å². The highest BCUT2D eigenvalue weighted by Gasteiger charge is 2.26. The maximum absolute atomic E-state index is 12.6. The first-order valence-corrected chi connectivity index (χ1v) is 8.46. The Hall–Kier alpha value is -2.43. The second kappa shape index (κ2) is 6.99. The summed E-state index contributed by atoms with van der Waals surface area (Å²) in [6.45, 7) is 2.49. The summed E-state index contributed by atoms with van der Waals surface area (Å²) in [6.07, 6.45) is 3.65. The van der Waals surface area contributed by atoms with E-state index in [0.717, 1.165) is 35.0 Å². The van der Waals surface area contributed by atoms with Gasteiger partial charge in [0.1, 0.15) is 0 Å². The van der Waals surface area contributed by atoms with E-state index in [-0.39, 0.29) is 12.3 Å². The van der Waals surface area contributed by atoms with Crippen molar-refractivity contribution in [2.45, 2.75) is 44.9 Å². The normalized spacial score (nSPS) is 13.9. The van der Waals surface area contributed by atoms with Gasteiger partial charge in [0.15, 0.2) is 0 Å². The summed E-state index contributed by atoms with van der Waals surface area (Å²) in [5, 5.41) is 12.4. The SMILES string of the molecule is Cc1ccc2nc(C3CC3)cc(C(=O)NCCCCC(=O)O)c2c1. The molecule has 1 heterocycles. The summed E-state index contributed by atoms with van der Waals surface area (Å²) < 4.78 is 0. The van der Waals surface area contributed by atoms with Crippen LogP contribution < -0.4 is 5.32 Å². The van der Waals surface area contributed by atoms with Gasteiger partial charge >= 0.3 is 5.97 Å². The molecule has 0 bridgehead atoms. The lowest BCUT2D eigenvalue weighted by Crippen LogP contribution is -2.25. The molecule has 0 unspecified atom stereocenters. The Morgan fingerprint density at radius 2 is 2.04 bits per heavy atom. The molecule has 5 nitrogen and oxygen atoms in total. The van der Waals surface area contributed by atoms with Crippen LogP contribution in [0.4, 0.5) is 0 Å². The molecule has 1 aromatic carbocycles. The van der Waals surface area contributed by atoms with Crippen LogP contribution in [0.1, 0.15) is 59.6 Å². The van der Waals surface area contributed by atoms with Gasteiger partial charge in [-0.15, -0.1) is 0 Å². The summed E-state index contributed by atoms with van der Waals surface area (Å²) >= 11 is 0. The highest BCUT2D eigenvalue weighted by atomic mass is 16.4. The quantitative estimate of drug-likeness (QED) is 0.764. The zero-order valence-electron chi connectivity index (χ0n) is 13.8. The molecule has 1 aliphatic rings. The van der Waals surface area contributed by atoms with E-state index in [1.165, 1.54) is 0 Å². The van der Waals surface area contributed by atoms with Crippen molar-refractivity contribution in [1.82, 2.24) is 10.3 Å². The first kappa shape index (κ1) is 16.4. The van der Waals surface area contributed by atoms with Gasteiger partial charge in [-0.25, -0.2) is 0 Å². The van der Waals surface area contributed by atoms with Gasteiger partial charge in [0.25, 0.3) is 5.91 Å². The summed E-state index contributed by atoms with van der Waals surface area (Å²) in [4.78, 5) is 27.8. The Kier molecular flexibility index (Phi) is 4.79. The second-order valence-electron chi connectivity index (χ2n) is 6.50. The predicted molar refractivity (Wildman–Crippen MR) is 92.3 cm³/mol. The summed E-state index contributed by atoms with van der Waals surface area (Å²) in [5.74, 6) is -0.422. The minimum atomic E-state index is -0.800. The number of fused-ring (bicyclic) bond motifs is 1. The number of amides is 1. The number of rotatable bonds is 7. The Balaban J connectivity index is 1.77. The number of carbonyl (C=O) groups excluding carboxylic acids is 1. The van der Waals surface area contributed by atoms with E-state index in [4.69, 9.17) is 10.1 Å². The van der Waals surface area contributed by atoms with Crippen molar-refractivity contribution in [2.24, 2.45) is 0 Å². The average molecular weight is 326 g/mol. The molecule has 126 valence electrons. The third-order valence-electron chi connectivity index (χ3n) is 4.33. The molecule has 0 atom stereocenters. The van der Waals surface area contributed by atoms with Crippen molar-refractivity contribution in [3.05, 3.63) is 41.1 Å². The number of hydrogen-bond donors (Lipinski definition) is 2. The van der Waals surface area contributed by atoms with Crippen molar-refractivity contribution in [1.29, 1.82) is 0 Å². The van der Waals surface area contributed by atoms with Crippen molar-refractivity contribution in [3.63, 3.8) is 0 Å². The first-order valence-electron chi connectivity index (χ1n) is 8.46. The van der Waals surface area contributed by atoms with Crippen molar-refractivity contribution in [2.75, 3.05) is 6.54 Å². The largest absolute Gasteiger partial charge is 0.481 e. The highest BCUT2D eigenvalue weighted by molar-refractivity contribution is 6.06. The molecular weight excluding hydrogens is 304 g/mol. The average Bonchev–Trinajstić information content (AvgIpc) is 3.38. The zero-order chi connectivity index (χ0) is 17.1. The summed E-state index contributed by atoms with van der Waals surface area (Å²) in [6, 6.07) is 7.91. The number of aryl methyl sites for hydroxylation is 1. The fourth-order valence-electron chi connectivity index (χ4n) is 2.83. The highest BCUT2D eigenvalue weighted by Crippen LogP contribution is 2.40. The summed E-state index contributed by atoms with van der Waals surface area (Å²) in [5.41, 5.74) is 3.63. The fourth-order valence-corrected chi connectivity index (χ4v) is 2.83. The van der Waals surface area contributed by atoms with E-state index >= 15 is 0 Å². The van der Waals surface area contributed by atoms with Crippen LogP contribution in [-0.4, -0.2) is 28.5 Å². The third-order valence-corrected chi connectivity index (χ3v) is 4.33. The van der Waals surface area contributed by atoms with E-state index in [1.807, 2.05) is 31.2 Å². The van der Waals surface area contributed by atoms with Gasteiger partial charge in [-0.1, -0.05) is 11.6 Å². The van der Waals surface area contributed by atoms with Gasteiger partial charge in [0.05, 0.1) is 11.1 Å². The molecular formula is C19H22N2O3. The minimum absolute atomic E-state index is 0.106. The van der Waals surface area contributed by atoms with Gasteiger partial charge in [0.2, 0.25) is 0 Å². The Morgan fingerprint density at radius 1 is 1.25 bits per heavy atom. The van der Waals surface area contributed by atoms with Gasteiger partial charge in [-0.2, -0.15) is 0 Å². The third kappa shape index (κ3) is 3.91. The van der Waals surface area contributed by atoms with Crippen LogP contribution in [0.15, 0.2) is 24.3 Å². The number of carboxylic acid groups (broad SMARTS) is 1. The van der Waals surface area contributed by atoms with E-state index < -0.39 is 5.97 Å². The minimum Gasteiger partial charge on any atom is -0.481 e. The standard InChI is InChI=1S/C19H22N2O3/c1-12-5-8-16-14(10-12)15(11-17(21-16)13-6-7-13)19(24)20-9-3-2-4-18(22)23/h5,8,10-11,13H,2-4,6-7,9H2,1H3,(H,20,24)(H,22,23). The van der Waals surface area contributed by atoms with Crippen LogP contribution in [0.2, 0.25) is 0 Å². The van der Waals surface area contributed by atoms with Crippen LogP contribution in [-0.2, 0) is 4.79 Å². The van der Waals surface area contributed by atoms with Crippen molar-refractivity contribution in [3.8, 4) is 0 Å². The number of carboxylic acids is 1. The van der Waals surface area contributed by atoms with Crippen LogP contribution in [0.25, 0.3) is 10.9 Å². The Morgan fingerprint density at radius 3 is 2.75 bits per heavy atom. The number of unbranched alkanes of at least 4 members (excludes halogenated alkanes) is 1. The number of pyridine rings is 1. The lowest BCUT2D eigenvalue weighted by atomic mass is 10.0. The van der Waals surface area contributed by atoms with Gasteiger partial charge in [-0.3, -0.25) is 14.6 Å². The second-order valence-corrected chi connectivity index (χ2v) is 6.50. The van der Waals surface area contributed by atoms with Crippen LogP contribution in [0.5, 0.6) is 0 Å². The molecule has 0 saturated heterocycles. The number of hydrogen-bond acceptors (Lipinski definition) is 3. The van der Waals surface area contributed by atoms with E-state index in [0.29, 0.717) is 30.9 Å². The van der Waals surface area contributed by atoms with Crippen LogP contribution in [0.3, 0.4) is 0 Å². The van der Waals surface area contributed by atoms with E-state index in [1.54, 1.807) is 0 Å². The number of benzene rings is 1. The predicted octanol–water partition coefficient (Wildman–Crippen LogP) is 3.41. The molecule has 1 aromatic heterocycles. The lowest BCUT2D eigenvalue weighted by molar-refractivity contribution is -0.137. The molecule has 1 fully saturated rings. The summed E-state index contributed by atoms with van der Waals surface area (Å²) in [7, 11) is 0. The smallest absolute Gasteiger partial charge is 0.303 e. The maximum atomic E-state index is 12.6. The van der Waals surface area contributed by atoms with Crippen molar-refractivity contribution < 1.29 is 14.7 Å². The molecule has 2 N–H and O–H groups in total. The zero-order valence-corrected chi connectivity index (χ0v) is 13.8. The topological polar surface area (TPSA) is 79.3 Å². The van der Waals surface area contributed by atoms with E-state index in [2.05, 4.69) is 5.32 Å². The number of nitrogens with zero attached hydrogens (tertiary/aromatic N) is 1. The number of carbonyl (C=O) groups is 2. The molecule has 1 amide bonds. The molecule has 1 aliphatic carbocycles. The van der Waals surface area contributed by atoms with Gasteiger partial charge in [0, 0.05) is 30.0 Å². The fraction of sp³-hybridized carbons (Fsp3) is 0.421. The molecule has 0 radical (unpaired) electrons. The number of aromatic nitrogens is 1. The maximum Gasteiger partial charge on any atom is 0.303 e. The molecule has 1 saturated carbocycles. The lowest BCUT2D eigenvalue weighted by Gasteiger charge is -2.11. The molecule has 0 aliphatic heterocycles. The molecule has 24 heavy (non-hydrogen) atoms. The van der Waals surface area contributed by atoms with Crippen LogP contribution in [0, 0.1) is 6.92 Å². The van der Waals surface area contributed by atoms with Gasteiger partial charge < -0.3 is 10.4 Å². The first-order chi connectivity index (χ1) is 11.5. The Bertz CT molecular complexity index is 782. The molecule has 3 rings (SSSR count). The van der Waals surface area contributed by atoms with Crippen molar-refractivity contribution >= 4 is 22.8 Å². The van der Waals surface area contributed by atoms with E-state index in [9.17, 15) is 9.59 Å². The molecule has 5 heteroatoms. The number of nitrogens with one attached hydrogen (secondary N) is 1. The monoisotopic (exact) mass is 326 g/mol. The number of aliphatic carboxylic acids is 1. The molecule has 0 spiro atoms. The van der Waals surface area contributed by atoms with Gasteiger partial charge in [-0.05, 0) is 50.8 Å².